The third-order valence-electron chi connectivity index (χ3n) is 16.7. The number of hydrogen-bond donors (Lipinski definition) is 2. The molecule has 0 fully saturated rings. The quantitative estimate of drug-likeness (QED) is 0.0574. The van der Waals surface area contributed by atoms with Crippen LogP contribution < -0.4 is 0 Å². The van der Waals surface area contributed by atoms with E-state index in [1.54, 1.807) is 93.5 Å². The number of halogens is 8. The molecule has 0 saturated heterocycles. The van der Waals surface area contributed by atoms with Crippen LogP contribution in [0.1, 0.15) is 92.0 Å². The molecular formula is C64H67Cl8N9O10S5. The molecule has 0 aliphatic carbocycles. The summed E-state index contributed by atoms with van der Waals surface area (Å²) in [5, 5.41) is -1.99. The number of sulfonamides is 5. The van der Waals surface area contributed by atoms with Gasteiger partial charge in [-0.15, -0.1) is 0 Å². The van der Waals surface area contributed by atoms with Crippen molar-refractivity contribution in [2.75, 3.05) is 65.4 Å². The van der Waals surface area contributed by atoms with Gasteiger partial charge < -0.3 is 9.97 Å². The number of rotatable bonds is 24. The topological polar surface area (TPSA) is 244 Å². The van der Waals surface area contributed by atoms with Crippen LogP contribution in [0.2, 0.25) is 40.2 Å². The average molecular weight is 1570 g/mol. The Morgan fingerprint density at radius 2 is 0.542 bits per heavy atom. The molecule has 0 atom stereocenters. The van der Waals surface area contributed by atoms with E-state index in [1.807, 2.05) is 0 Å². The fourth-order valence-corrected chi connectivity index (χ4v) is 23.0. The van der Waals surface area contributed by atoms with Crippen molar-refractivity contribution >= 4 is 189 Å². The first-order chi connectivity index (χ1) is 45.3. The maximum absolute atomic E-state index is 15.9. The van der Waals surface area contributed by atoms with Crippen molar-refractivity contribution in [3.63, 3.8) is 0 Å². The predicted octanol–water partition coefficient (Wildman–Crippen LogP) is 16.7. The zero-order valence-corrected chi connectivity index (χ0v) is 63.6. The van der Waals surface area contributed by atoms with Gasteiger partial charge >= 0.3 is 0 Å². The molecule has 8 bridgehead atoms. The van der Waals surface area contributed by atoms with Crippen molar-refractivity contribution in [1.29, 1.82) is 0 Å². The molecule has 19 nitrogen and oxygen atoms in total. The van der Waals surface area contributed by atoms with E-state index in [9.17, 15) is 33.7 Å². The number of fused-ring (bicyclic) bond motifs is 8. The van der Waals surface area contributed by atoms with Gasteiger partial charge in [0, 0.05) is 121 Å². The number of nitrogens with one attached hydrogen (secondary N) is 2. The van der Waals surface area contributed by atoms with Gasteiger partial charge in [-0.2, -0.15) is 21.5 Å². The number of aromatic amines is 2. The largest absolute Gasteiger partial charge is 0.354 e. The fourth-order valence-electron chi connectivity index (χ4n) is 11.9. The van der Waals surface area contributed by atoms with Crippen LogP contribution in [0.25, 0.3) is 90.9 Å². The van der Waals surface area contributed by atoms with Gasteiger partial charge in [0.25, 0.3) is 0 Å². The standard InChI is InChI=1S/C64H67Cl8N9O10S5/c1-11-77(12-2)92(82,83)47-31-21-36(65)52(60(47)69)56-40-25-26-41(73-40)57(53-37(66)22-32-48(61(53)70)93(84,85)78(13-3)14-4)43-29-30-45(75-43)59(55-39(68)24-34-50(63(55)72)95(88,89)80(17-7)18-8)64-51(96(90,91)81(19-9)20-10)35-46(76-64)58(44-28-27-42(56)74-44)54-38(67)23-33-49(62(54)71)94(86,87)79(15-5)16-6/h21-35,74,76H,11-20H2,1-10H3. The Hall–Kier alpha value is -4.65. The molecule has 9 rings (SSSR count). The Balaban J connectivity index is 1.68. The van der Waals surface area contributed by atoms with Crippen LogP contribution in [-0.2, 0) is 50.1 Å². The molecule has 2 aliphatic heterocycles. The number of nitrogens with zero attached hydrogens (tertiary/aromatic N) is 7. The van der Waals surface area contributed by atoms with Crippen LogP contribution in [-0.4, -0.2) is 149 Å². The minimum Gasteiger partial charge on any atom is -0.354 e. The van der Waals surface area contributed by atoms with Crippen LogP contribution in [0.4, 0.5) is 0 Å². The third kappa shape index (κ3) is 13.1. The molecule has 5 heterocycles. The van der Waals surface area contributed by atoms with Gasteiger partial charge in [-0.25, -0.2) is 52.1 Å². The summed E-state index contributed by atoms with van der Waals surface area (Å²) in [7, 11) is -22.4. The molecule has 2 aliphatic rings. The van der Waals surface area contributed by atoms with E-state index < -0.39 is 70.0 Å². The summed E-state index contributed by atoms with van der Waals surface area (Å²) >= 11 is 59.2. The smallest absolute Gasteiger partial charge is 0.245 e. The molecule has 3 aromatic heterocycles. The lowest BCUT2D eigenvalue weighted by atomic mass is 10.0. The van der Waals surface area contributed by atoms with Crippen LogP contribution in [0.5, 0.6) is 0 Å². The molecule has 0 unspecified atom stereocenters. The predicted molar refractivity (Wildman–Crippen MR) is 391 cm³/mol. The summed E-state index contributed by atoms with van der Waals surface area (Å²) in [4.78, 5) is 15.3. The molecule has 7 aromatic rings. The van der Waals surface area contributed by atoms with Gasteiger partial charge in [-0.3, -0.25) is 0 Å². The zero-order chi connectivity index (χ0) is 70.6. The van der Waals surface area contributed by atoms with E-state index in [0.29, 0.717) is 0 Å². The van der Waals surface area contributed by atoms with Gasteiger partial charge in [-0.05, 0) is 91.0 Å². The SMILES string of the molecule is CCN(CC)S(=O)(=O)c1ccc(Cl)c(-c2c3nc(c(-c4c(Cl)ccc(S(=O)(=O)N(CC)CC)c4Cl)c4ccc([nH]4)c(-c4c(Cl)ccc(S(=O)(=O)N(CC)CC)c4Cl)c4cc(S(=O)(=O)N(CC)CC)c([nH]4)c(-c4c(Cl)ccc(S(=O)(=O)N(CC)CC)c4Cl)c4nc2C=C4)C=C3)c1Cl. The number of hydrogen-bond acceptors (Lipinski definition) is 12. The van der Waals surface area contributed by atoms with E-state index in [-0.39, 0.29) is 200 Å². The lowest BCUT2D eigenvalue weighted by molar-refractivity contribution is 0.444. The number of benzene rings is 4. The lowest BCUT2D eigenvalue weighted by Crippen LogP contribution is -2.31. The first-order valence-corrected chi connectivity index (χ1v) is 40.7. The van der Waals surface area contributed by atoms with Gasteiger partial charge in [0.1, 0.15) is 24.5 Å². The Morgan fingerprint density at radius 3 is 0.854 bits per heavy atom. The van der Waals surface area contributed by atoms with Crippen LogP contribution in [0.15, 0.2) is 91.2 Å². The highest BCUT2D eigenvalue weighted by Gasteiger charge is 2.37. The molecule has 0 spiro atoms. The molecule has 2 N–H and O–H groups in total. The van der Waals surface area contributed by atoms with Crippen LogP contribution in [0, 0.1) is 0 Å². The first-order valence-electron chi connectivity index (χ1n) is 30.4. The lowest BCUT2D eigenvalue weighted by Gasteiger charge is -2.21. The highest BCUT2D eigenvalue weighted by atomic mass is 35.5. The second kappa shape index (κ2) is 29.5. The maximum Gasteiger partial charge on any atom is 0.245 e. The summed E-state index contributed by atoms with van der Waals surface area (Å²) in [5.74, 6) is 0. The highest BCUT2D eigenvalue weighted by Crippen LogP contribution is 2.51. The molecule has 32 heteroatoms. The van der Waals surface area contributed by atoms with Gasteiger partial charge in [0.15, 0.2) is 0 Å². The van der Waals surface area contributed by atoms with Crippen molar-refractivity contribution in [3.05, 3.63) is 130 Å². The fraction of sp³-hybridized carbons (Fsp3) is 0.312. The Bertz CT molecular complexity index is 5150. The molecule has 514 valence electrons. The van der Waals surface area contributed by atoms with Crippen molar-refractivity contribution in [1.82, 2.24) is 41.5 Å². The van der Waals surface area contributed by atoms with Gasteiger partial charge in [-0.1, -0.05) is 162 Å². The number of aromatic nitrogens is 4. The van der Waals surface area contributed by atoms with Crippen LogP contribution >= 0.6 is 92.8 Å². The average Bonchev–Trinajstić information content (AvgIpc) is 1.51. The number of H-pyrrole nitrogens is 2. The van der Waals surface area contributed by atoms with Crippen molar-refractivity contribution in [2.24, 2.45) is 0 Å². The second-order valence-corrected chi connectivity index (χ2v) is 34.2. The van der Waals surface area contributed by atoms with Crippen molar-refractivity contribution in [3.8, 4) is 44.5 Å². The van der Waals surface area contributed by atoms with E-state index >= 15 is 8.42 Å². The van der Waals surface area contributed by atoms with E-state index in [1.165, 1.54) is 88.3 Å². The highest BCUT2D eigenvalue weighted by molar-refractivity contribution is 7.90. The van der Waals surface area contributed by atoms with Crippen molar-refractivity contribution in [2.45, 2.75) is 93.7 Å². The monoisotopic (exact) mass is 1560 g/mol. The Labute approximate surface area is 600 Å². The molecule has 0 amide bonds. The maximum atomic E-state index is 15.9. The van der Waals surface area contributed by atoms with E-state index in [4.69, 9.17) is 103 Å². The normalized spacial score (nSPS) is 13.3. The zero-order valence-electron chi connectivity index (χ0n) is 53.5. The third-order valence-corrected chi connectivity index (χ3v) is 30.4. The van der Waals surface area contributed by atoms with E-state index in [2.05, 4.69) is 9.97 Å². The summed E-state index contributed by atoms with van der Waals surface area (Å²) < 4.78 is 155. The summed E-state index contributed by atoms with van der Waals surface area (Å²) in [6, 6.07) is 14.8. The summed E-state index contributed by atoms with van der Waals surface area (Å²) in [5.41, 5.74) is -1.09. The Kier molecular flexibility index (Phi) is 23.2. The second-order valence-electron chi connectivity index (χ2n) is 21.5. The van der Waals surface area contributed by atoms with Gasteiger partial charge in [0.05, 0.1) is 74.0 Å². The molecule has 0 saturated carbocycles. The summed E-state index contributed by atoms with van der Waals surface area (Å²) in [6.45, 7) is 16.7. The molecule has 96 heavy (non-hydrogen) atoms. The van der Waals surface area contributed by atoms with Crippen molar-refractivity contribution < 1.29 is 42.1 Å². The minimum atomic E-state index is -4.77. The van der Waals surface area contributed by atoms with E-state index in [0.717, 1.165) is 0 Å². The summed E-state index contributed by atoms with van der Waals surface area (Å²) in [6.07, 6.45) is 6.06. The first kappa shape index (κ1) is 75.5. The van der Waals surface area contributed by atoms with Gasteiger partial charge in [0.2, 0.25) is 50.1 Å². The minimum absolute atomic E-state index is 0.00946. The molecule has 0 radical (unpaired) electrons. The Morgan fingerprint density at radius 1 is 0.292 bits per heavy atom. The van der Waals surface area contributed by atoms with Crippen LogP contribution in [0.3, 0.4) is 0 Å². The molecule has 4 aromatic carbocycles. The molecular weight excluding hydrogens is 1500 g/mol.